The molecule has 0 atom stereocenters. The average molecular weight is 345 g/mol. The molecule has 0 aromatic heterocycles. The van der Waals surface area contributed by atoms with E-state index < -0.39 is 0 Å². The van der Waals surface area contributed by atoms with Crippen LogP contribution in [0.3, 0.4) is 0 Å². The van der Waals surface area contributed by atoms with Crippen LogP contribution in [0.15, 0.2) is 46.9 Å². The van der Waals surface area contributed by atoms with Gasteiger partial charge in [0.05, 0.1) is 0 Å². The highest BCUT2D eigenvalue weighted by Crippen LogP contribution is 2.21. The van der Waals surface area contributed by atoms with Crippen LogP contribution in [-0.2, 0) is 0 Å². The van der Waals surface area contributed by atoms with Crippen molar-refractivity contribution in [3.63, 3.8) is 0 Å². The number of anilines is 1. The fraction of sp³-hybridized carbons (Fsp3) is 0.143. The maximum Gasteiger partial charge on any atom is 0.166 e. The molecule has 2 aromatic carbocycles. The Labute approximate surface area is 124 Å². The first kappa shape index (κ1) is 14.2. The van der Waals surface area contributed by atoms with E-state index in [1.807, 2.05) is 12.1 Å². The first-order valence-corrected chi connectivity index (χ1v) is 6.89. The summed E-state index contributed by atoms with van der Waals surface area (Å²) in [6.07, 6.45) is 0. The Bertz CT molecular complexity index is 548. The molecule has 0 heterocycles. The summed E-state index contributed by atoms with van der Waals surface area (Å²) in [4.78, 5) is 0. The van der Waals surface area contributed by atoms with Crippen molar-refractivity contribution in [3.8, 4) is 5.75 Å². The smallest absolute Gasteiger partial charge is 0.166 e. The Morgan fingerprint density at radius 2 is 1.89 bits per heavy atom. The fourth-order valence-corrected chi connectivity index (χ4v) is 1.98. The zero-order valence-corrected chi connectivity index (χ0v) is 12.3. The molecule has 5 heteroatoms. The molecule has 0 aliphatic carbocycles. The molecule has 2 aromatic rings. The van der Waals surface area contributed by atoms with Crippen molar-refractivity contribution in [1.29, 1.82) is 0 Å². The third-order valence-corrected chi connectivity index (χ3v) is 3.17. The third-order valence-electron chi connectivity index (χ3n) is 2.43. The molecule has 0 saturated heterocycles. The molecule has 0 aliphatic heterocycles. The number of ether oxygens (including phenoxy) is 1. The van der Waals surface area contributed by atoms with Crippen LogP contribution in [0.25, 0.3) is 0 Å². The number of benzene rings is 2. The van der Waals surface area contributed by atoms with E-state index >= 15 is 0 Å². The lowest BCUT2D eigenvalue weighted by Crippen LogP contribution is -2.11. The van der Waals surface area contributed by atoms with E-state index in [9.17, 15) is 4.39 Å². The molecular weight excluding hydrogens is 333 g/mol. The van der Waals surface area contributed by atoms with Gasteiger partial charge in [-0.2, -0.15) is 0 Å². The highest BCUT2D eigenvalue weighted by Gasteiger charge is 2.03. The van der Waals surface area contributed by atoms with Gasteiger partial charge in [0.15, 0.2) is 11.6 Å². The zero-order valence-electron chi connectivity index (χ0n) is 10.00. The van der Waals surface area contributed by atoms with Crippen LogP contribution in [0, 0.1) is 5.82 Å². The molecule has 19 heavy (non-hydrogen) atoms. The molecule has 0 radical (unpaired) electrons. The molecule has 0 unspecified atom stereocenters. The van der Waals surface area contributed by atoms with E-state index in [0.29, 0.717) is 22.6 Å². The number of nitrogens with one attached hydrogen (secondary N) is 1. The Balaban J connectivity index is 1.79. The van der Waals surface area contributed by atoms with Gasteiger partial charge in [-0.05, 0) is 42.5 Å². The van der Waals surface area contributed by atoms with Crippen LogP contribution < -0.4 is 10.1 Å². The first-order chi connectivity index (χ1) is 9.15. The number of halogens is 3. The second-order valence-electron chi connectivity index (χ2n) is 3.86. The van der Waals surface area contributed by atoms with Gasteiger partial charge in [0.25, 0.3) is 0 Å². The van der Waals surface area contributed by atoms with Crippen LogP contribution in [0.1, 0.15) is 0 Å². The van der Waals surface area contributed by atoms with Crippen LogP contribution in [0.4, 0.5) is 10.1 Å². The summed E-state index contributed by atoms with van der Waals surface area (Å²) in [7, 11) is 0. The SMILES string of the molecule is Fc1cc(Br)ccc1OCCNc1ccc(Cl)cc1. The molecule has 0 bridgehead atoms. The van der Waals surface area contributed by atoms with Crippen LogP contribution in [0.5, 0.6) is 5.75 Å². The van der Waals surface area contributed by atoms with Gasteiger partial charge in [-0.1, -0.05) is 27.5 Å². The zero-order chi connectivity index (χ0) is 13.7. The van der Waals surface area contributed by atoms with Crippen LogP contribution in [-0.4, -0.2) is 13.2 Å². The Morgan fingerprint density at radius 1 is 1.16 bits per heavy atom. The lowest BCUT2D eigenvalue weighted by Gasteiger charge is -2.09. The quantitative estimate of drug-likeness (QED) is 0.792. The van der Waals surface area contributed by atoms with Gasteiger partial charge in [-0.15, -0.1) is 0 Å². The summed E-state index contributed by atoms with van der Waals surface area (Å²) in [5, 5.41) is 3.85. The van der Waals surface area contributed by atoms with Gasteiger partial charge < -0.3 is 10.1 Å². The minimum atomic E-state index is -0.374. The highest BCUT2D eigenvalue weighted by molar-refractivity contribution is 9.10. The summed E-state index contributed by atoms with van der Waals surface area (Å²) >= 11 is 8.98. The first-order valence-electron chi connectivity index (χ1n) is 5.72. The van der Waals surface area contributed by atoms with E-state index in [4.69, 9.17) is 16.3 Å². The highest BCUT2D eigenvalue weighted by atomic mass is 79.9. The summed E-state index contributed by atoms with van der Waals surface area (Å²) in [6.45, 7) is 0.957. The maximum absolute atomic E-state index is 13.5. The van der Waals surface area contributed by atoms with Gasteiger partial charge in [0.1, 0.15) is 6.61 Å². The number of rotatable bonds is 5. The molecule has 0 spiro atoms. The minimum Gasteiger partial charge on any atom is -0.489 e. The van der Waals surface area contributed by atoms with Gasteiger partial charge >= 0.3 is 0 Å². The van der Waals surface area contributed by atoms with Crippen molar-refractivity contribution in [3.05, 3.63) is 57.8 Å². The molecule has 1 N–H and O–H groups in total. The van der Waals surface area contributed by atoms with Crippen molar-refractivity contribution in [2.24, 2.45) is 0 Å². The van der Waals surface area contributed by atoms with E-state index in [0.717, 1.165) is 5.69 Å². The maximum atomic E-state index is 13.5. The molecule has 2 rings (SSSR count). The van der Waals surface area contributed by atoms with E-state index in [1.165, 1.54) is 6.07 Å². The predicted octanol–water partition coefficient (Wildman–Crippen LogP) is 4.73. The monoisotopic (exact) mass is 343 g/mol. The summed E-state index contributed by atoms with van der Waals surface area (Å²) in [5.74, 6) is -0.123. The molecule has 2 nitrogen and oxygen atoms in total. The molecular formula is C14H12BrClFNO. The normalized spacial score (nSPS) is 10.3. The predicted molar refractivity (Wildman–Crippen MR) is 79.5 cm³/mol. The van der Waals surface area contributed by atoms with Crippen molar-refractivity contribution in [1.82, 2.24) is 0 Å². The van der Waals surface area contributed by atoms with Crippen molar-refractivity contribution in [2.75, 3.05) is 18.5 Å². The van der Waals surface area contributed by atoms with E-state index in [1.54, 1.807) is 24.3 Å². The number of hydrogen-bond donors (Lipinski definition) is 1. The number of hydrogen-bond acceptors (Lipinski definition) is 2. The second-order valence-corrected chi connectivity index (χ2v) is 5.21. The Morgan fingerprint density at radius 3 is 2.58 bits per heavy atom. The minimum absolute atomic E-state index is 0.251. The van der Waals surface area contributed by atoms with Crippen molar-refractivity contribution < 1.29 is 9.13 Å². The lowest BCUT2D eigenvalue weighted by atomic mass is 10.3. The Hall–Kier alpha value is -1.26. The summed E-state index contributed by atoms with van der Waals surface area (Å²) < 4.78 is 19.5. The van der Waals surface area contributed by atoms with Crippen molar-refractivity contribution in [2.45, 2.75) is 0 Å². The van der Waals surface area contributed by atoms with Crippen LogP contribution >= 0.6 is 27.5 Å². The van der Waals surface area contributed by atoms with Gasteiger partial charge in [-0.25, -0.2) is 4.39 Å². The fourth-order valence-electron chi connectivity index (χ4n) is 1.52. The molecule has 0 saturated carbocycles. The Kier molecular flexibility index (Phi) is 5.05. The van der Waals surface area contributed by atoms with Gasteiger partial charge in [-0.3, -0.25) is 0 Å². The lowest BCUT2D eigenvalue weighted by molar-refractivity contribution is 0.315. The van der Waals surface area contributed by atoms with E-state index in [-0.39, 0.29) is 11.6 Å². The summed E-state index contributed by atoms with van der Waals surface area (Å²) in [5.41, 5.74) is 0.948. The van der Waals surface area contributed by atoms with Gasteiger partial charge in [0.2, 0.25) is 0 Å². The van der Waals surface area contributed by atoms with Gasteiger partial charge in [0, 0.05) is 21.7 Å². The largest absolute Gasteiger partial charge is 0.489 e. The molecule has 0 fully saturated rings. The topological polar surface area (TPSA) is 21.3 Å². The molecule has 100 valence electrons. The van der Waals surface area contributed by atoms with E-state index in [2.05, 4.69) is 21.2 Å². The third kappa shape index (κ3) is 4.40. The second kappa shape index (κ2) is 6.78. The molecule has 0 aliphatic rings. The van der Waals surface area contributed by atoms with Crippen LogP contribution in [0.2, 0.25) is 5.02 Å². The summed E-state index contributed by atoms with van der Waals surface area (Å²) in [6, 6.07) is 12.1. The average Bonchev–Trinajstić information content (AvgIpc) is 2.39. The molecule has 0 amide bonds. The van der Waals surface area contributed by atoms with Crippen molar-refractivity contribution >= 4 is 33.2 Å². The standard InChI is InChI=1S/C14H12BrClFNO/c15-10-1-6-14(13(17)9-10)19-8-7-18-12-4-2-11(16)3-5-12/h1-6,9,18H,7-8H2.